The van der Waals surface area contributed by atoms with Crippen LogP contribution in [0.25, 0.3) is 16.9 Å². The summed E-state index contributed by atoms with van der Waals surface area (Å²) < 4.78 is 1.92. The van der Waals surface area contributed by atoms with Crippen molar-refractivity contribution in [2.24, 2.45) is 0 Å². The fraction of sp³-hybridized carbons (Fsp3) is 0.250. The maximum Gasteiger partial charge on any atom is 0.133 e. The van der Waals surface area contributed by atoms with Crippen molar-refractivity contribution >= 4 is 40.8 Å². The van der Waals surface area contributed by atoms with Crippen molar-refractivity contribution in [3.8, 4) is 16.9 Å². The normalized spacial score (nSPS) is 13.8. The molecule has 3 nitrogen and oxygen atoms in total. The molecule has 0 spiro atoms. The van der Waals surface area contributed by atoms with Gasteiger partial charge in [-0.25, -0.2) is 4.68 Å². The van der Waals surface area contributed by atoms with Gasteiger partial charge in [-0.05, 0) is 49.8 Å². The van der Waals surface area contributed by atoms with Crippen LogP contribution in [0.15, 0.2) is 47.4 Å². The minimum absolute atomic E-state index is 0.635. The molecule has 1 N–H and O–H groups in total. The second-order valence-corrected chi connectivity index (χ2v) is 7.96. The van der Waals surface area contributed by atoms with Crippen LogP contribution in [0.4, 0.5) is 5.82 Å². The van der Waals surface area contributed by atoms with Crippen molar-refractivity contribution in [3.63, 3.8) is 0 Å². The summed E-state index contributed by atoms with van der Waals surface area (Å²) in [6.45, 7) is 0.931. The Morgan fingerprint density at radius 2 is 1.96 bits per heavy atom. The van der Waals surface area contributed by atoms with E-state index in [-0.39, 0.29) is 0 Å². The van der Waals surface area contributed by atoms with Gasteiger partial charge in [0.1, 0.15) is 5.82 Å². The third kappa shape index (κ3) is 3.22. The zero-order chi connectivity index (χ0) is 18.1. The van der Waals surface area contributed by atoms with E-state index in [1.165, 1.54) is 10.5 Å². The van der Waals surface area contributed by atoms with Crippen LogP contribution in [0.5, 0.6) is 0 Å². The molecular formula is C20H19Cl2N3S. The Morgan fingerprint density at radius 3 is 2.81 bits per heavy atom. The van der Waals surface area contributed by atoms with Gasteiger partial charge in [0.15, 0.2) is 0 Å². The molecule has 26 heavy (non-hydrogen) atoms. The van der Waals surface area contributed by atoms with E-state index in [1.54, 1.807) is 17.8 Å². The molecule has 3 aromatic rings. The van der Waals surface area contributed by atoms with Crippen molar-refractivity contribution < 1.29 is 0 Å². The molecule has 0 fully saturated rings. The Kier molecular flexibility index (Phi) is 5.16. The van der Waals surface area contributed by atoms with Crippen LogP contribution in [-0.2, 0) is 6.42 Å². The molecule has 6 heteroatoms. The van der Waals surface area contributed by atoms with E-state index in [2.05, 4.69) is 35.8 Å². The number of aromatic nitrogens is 2. The van der Waals surface area contributed by atoms with E-state index < -0.39 is 0 Å². The first-order chi connectivity index (χ1) is 12.7. The smallest absolute Gasteiger partial charge is 0.133 e. The van der Waals surface area contributed by atoms with Gasteiger partial charge < -0.3 is 5.32 Å². The van der Waals surface area contributed by atoms with E-state index in [0.29, 0.717) is 10.0 Å². The monoisotopic (exact) mass is 403 g/mol. The Labute approximate surface area is 167 Å². The Hall–Kier alpha value is -1.62. The number of thioether (sulfide) groups is 1. The minimum atomic E-state index is 0.635. The number of fused-ring (bicyclic) bond motifs is 1. The zero-order valence-corrected chi connectivity index (χ0v) is 16.8. The highest BCUT2D eigenvalue weighted by Gasteiger charge is 2.23. The standard InChI is InChI=1S/C20H19Cl2N3S/c1-26-18-8-3-2-6-14(18)19-15-7-4-5-11-23-20(15)25(24-19)17-12-13(21)9-10-16(17)22/h2-3,6,8-10,12,23H,4-5,7,11H2,1H3. The molecule has 0 saturated carbocycles. The van der Waals surface area contributed by atoms with Gasteiger partial charge in [0, 0.05) is 27.6 Å². The van der Waals surface area contributed by atoms with Crippen LogP contribution in [0.2, 0.25) is 10.0 Å². The van der Waals surface area contributed by atoms with E-state index >= 15 is 0 Å². The summed E-state index contributed by atoms with van der Waals surface area (Å²) in [6, 6.07) is 13.9. The lowest BCUT2D eigenvalue weighted by molar-refractivity contribution is 0.779. The average molecular weight is 404 g/mol. The predicted molar refractivity (Wildman–Crippen MR) is 112 cm³/mol. The molecule has 1 aliphatic rings. The number of halogens is 2. The molecule has 1 aromatic heterocycles. The van der Waals surface area contributed by atoms with Crippen molar-refractivity contribution in [1.29, 1.82) is 0 Å². The van der Waals surface area contributed by atoms with Gasteiger partial charge in [-0.3, -0.25) is 0 Å². The summed E-state index contributed by atoms with van der Waals surface area (Å²) in [5, 5.41) is 9.82. The topological polar surface area (TPSA) is 29.9 Å². The van der Waals surface area contributed by atoms with Gasteiger partial charge >= 0.3 is 0 Å². The van der Waals surface area contributed by atoms with Crippen LogP contribution >= 0.6 is 35.0 Å². The second kappa shape index (κ2) is 7.55. The third-order valence-electron chi connectivity index (χ3n) is 4.63. The maximum absolute atomic E-state index is 6.48. The number of anilines is 1. The molecule has 1 aliphatic heterocycles. The lowest BCUT2D eigenvalue weighted by Gasteiger charge is -2.11. The fourth-order valence-corrected chi connectivity index (χ4v) is 4.34. The van der Waals surface area contributed by atoms with Crippen molar-refractivity contribution in [2.45, 2.75) is 24.2 Å². The first-order valence-electron chi connectivity index (χ1n) is 8.63. The molecule has 134 valence electrons. The Bertz CT molecular complexity index is 952. The van der Waals surface area contributed by atoms with E-state index in [1.807, 2.05) is 16.8 Å². The van der Waals surface area contributed by atoms with Crippen molar-refractivity contribution in [2.75, 3.05) is 18.1 Å². The van der Waals surface area contributed by atoms with E-state index in [9.17, 15) is 0 Å². The highest BCUT2D eigenvalue weighted by atomic mass is 35.5. The number of hydrogen-bond donors (Lipinski definition) is 1. The van der Waals surface area contributed by atoms with Gasteiger partial charge in [-0.15, -0.1) is 11.8 Å². The molecule has 0 radical (unpaired) electrons. The number of nitrogens with zero attached hydrogens (tertiary/aromatic N) is 2. The molecule has 4 rings (SSSR count). The fourth-order valence-electron chi connectivity index (χ4n) is 3.38. The van der Waals surface area contributed by atoms with Gasteiger partial charge in [0.25, 0.3) is 0 Å². The number of nitrogens with one attached hydrogen (secondary N) is 1. The summed E-state index contributed by atoms with van der Waals surface area (Å²) >= 11 is 14.4. The molecule has 0 saturated heterocycles. The summed E-state index contributed by atoms with van der Waals surface area (Å²) in [5.74, 6) is 1.03. The summed E-state index contributed by atoms with van der Waals surface area (Å²) in [7, 11) is 0. The van der Waals surface area contributed by atoms with Crippen LogP contribution in [0.1, 0.15) is 18.4 Å². The summed E-state index contributed by atoms with van der Waals surface area (Å²) in [4.78, 5) is 1.22. The molecule has 0 bridgehead atoms. The maximum atomic E-state index is 6.48. The molecule has 0 atom stereocenters. The summed E-state index contributed by atoms with van der Waals surface area (Å²) in [6.07, 6.45) is 5.38. The number of rotatable bonds is 3. The predicted octanol–water partition coefficient (Wildman–Crippen LogP) is 6.32. The van der Waals surface area contributed by atoms with Gasteiger partial charge in [-0.1, -0.05) is 41.4 Å². The Morgan fingerprint density at radius 1 is 1.12 bits per heavy atom. The third-order valence-corrected chi connectivity index (χ3v) is 5.98. The van der Waals surface area contributed by atoms with E-state index in [0.717, 1.165) is 48.6 Å². The van der Waals surface area contributed by atoms with Crippen LogP contribution in [0, 0.1) is 0 Å². The lowest BCUT2D eigenvalue weighted by atomic mass is 10.0. The van der Waals surface area contributed by atoms with Crippen LogP contribution in [0.3, 0.4) is 0 Å². The van der Waals surface area contributed by atoms with Gasteiger partial charge in [0.05, 0.1) is 16.4 Å². The molecule has 2 heterocycles. The van der Waals surface area contributed by atoms with Crippen LogP contribution in [-0.4, -0.2) is 22.6 Å². The highest BCUT2D eigenvalue weighted by molar-refractivity contribution is 7.98. The first kappa shape index (κ1) is 17.8. The molecule has 0 unspecified atom stereocenters. The summed E-state index contributed by atoms with van der Waals surface area (Å²) in [5.41, 5.74) is 4.24. The SMILES string of the molecule is CSc1ccccc1-c1nn(-c2cc(Cl)ccc2Cl)c2c1CCCCN2. The van der Waals surface area contributed by atoms with Crippen molar-refractivity contribution in [1.82, 2.24) is 9.78 Å². The average Bonchev–Trinajstić information content (AvgIpc) is 2.84. The van der Waals surface area contributed by atoms with Gasteiger partial charge in [0.2, 0.25) is 0 Å². The number of hydrogen-bond acceptors (Lipinski definition) is 3. The largest absolute Gasteiger partial charge is 0.370 e. The van der Waals surface area contributed by atoms with Gasteiger partial charge in [-0.2, -0.15) is 5.10 Å². The van der Waals surface area contributed by atoms with E-state index in [4.69, 9.17) is 28.3 Å². The van der Waals surface area contributed by atoms with Crippen LogP contribution < -0.4 is 5.32 Å². The minimum Gasteiger partial charge on any atom is -0.370 e. The first-order valence-corrected chi connectivity index (χ1v) is 10.6. The zero-order valence-electron chi connectivity index (χ0n) is 14.4. The lowest BCUT2D eigenvalue weighted by Crippen LogP contribution is -2.07. The Balaban J connectivity index is 1.97. The van der Waals surface area contributed by atoms with Crippen molar-refractivity contribution in [3.05, 3.63) is 58.1 Å². The highest BCUT2D eigenvalue weighted by Crippen LogP contribution is 2.39. The molecule has 2 aromatic carbocycles. The molecule has 0 amide bonds. The molecule has 0 aliphatic carbocycles. The number of benzene rings is 2. The second-order valence-electron chi connectivity index (χ2n) is 6.27. The molecular weight excluding hydrogens is 385 g/mol. The quantitative estimate of drug-likeness (QED) is 0.519.